The molecule has 88 valence electrons. The van der Waals surface area contributed by atoms with Gasteiger partial charge in [0.2, 0.25) is 0 Å². The van der Waals surface area contributed by atoms with E-state index in [2.05, 4.69) is 9.97 Å². The molecule has 0 aliphatic heterocycles. The van der Waals surface area contributed by atoms with Gasteiger partial charge in [-0.05, 0) is 24.3 Å². The summed E-state index contributed by atoms with van der Waals surface area (Å²) in [4.78, 5) is 8.90. The van der Waals surface area contributed by atoms with E-state index in [4.69, 9.17) is 23.2 Å². The highest BCUT2D eigenvalue weighted by Crippen LogP contribution is 2.31. The molecule has 6 heteroatoms. The first-order chi connectivity index (χ1) is 8.20. The predicted octanol–water partition coefficient (Wildman–Crippen LogP) is 3.43. The summed E-state index contributed by atoms with van der Waals surface area (Å²) in [5.74, 6) is 0. The standard InChI is InChI=1S/C11H8Cl2N2OS/c12-7-1-3-8(4-2-7)17-11-9(5-16)10(13)14-6-15-11/h1-4,6,16H,5H2. The van der Waals surface area contributed by atoms with Crippen molar-refractivity contribution in [1.29, 1.82) is 0 Å². The second kappa shape index (κ2) is 5.69. The van der Waals surface area contributed by atoms with Crippen molar-refractivity contribution < 1.29 is 5.11 Å². The molecule has 0 spiro atoms. The zero-order valence-corrected chi connectivity index (χ0v) is 10.9. The molecule has 1 N–H and O–H groups in total. The Kier molecular flexibility index (Phi) is 4.23. The largest absolute Gasteiger partial charge is 0.391 e. The number of aliphatic hydroxyl groups is 1. The third-order valence-electron chi connectivity index (χ3n) is 2.04. The van der Waals surface area contributed by atoms with E-state index in [1.807, 2.05) is 12.1 Å². The van der Waals surface area contributed by atoms with Gasteiger partial charge in [-0.25, -0.2) is 9.97 Å². The summed E-state index contributed by atoms with van der Waals surface area (Å²) in [7, 11) is 0. The fourth-order valence-corrected chi connectivity index (χ4v) is 2.47. The van der Waals surface area contributed by atoms with E-state index in [0.717, 1.165) is 4.90 Å². The molecular formula is C11H8Cl2N2OS. The Morgan fingerprint density at radius 2 is 1.82 bits per heavy atom. The van der Waals surface area contributed by atoms with E-state index in [9.17, 15) is 5.11 Å². The highest BCUT2D eigenvalue weighted by atomic mass is 35.5. The van der Waals surface area contributed by atoms with Gasteiger partial charge < -0.3 is 5.11 Å². The van der Waals surface area contributed by atoms with Crippen LogP contribution in [-0.4, -0.2) is 15.1 Å². The number of aromatic nitrogens is 2. The zero-order valence-electron chi connectivity index (χ0n) is 8.60. The molecular weight excluding hydrogens is 279 g/mol. The molecule has 0 aliphatic carbocycles. The molecule has 0 radical (unpaired) electrons. The minimum absolute atomic E-state index is 0.185. The Balaban J connectivity index is 2.29. The van der Waals surface area contributed by atoms with Crippen LogP contribution in [0.2, 0.25) is 10.2 Å². The van der Waals surface area contributed by atoms with Crippen molar-refractivity contribution in [2.24, 2.45) is 0 Å². The number of aliphatic hydroxyl groups excluding tert-OH is 1. The molecule has 0 aliphatic rings. The van der Waals surface area contributed by atoms with Crippen LogP contribution in [0.4, 0.5) is 0 Å². The van der Waals surface area contributed by atoms with Crippen LogP contribution in [0, 0.1) is 0 Å². The number of hydrogen-bond donors (Lipinski definition) is 1. The van der Waals surface area contributed by atoms with Crippen molar-refractivity contribution >= 4 is 35.0 Å². The molecule has 0 amide bonds. The summed E-state index contributed by atoms with van der Waals surface area (Å²) in [6, 6.07) is 7.35. The highest BCUT2D eigenvalue weighted by molar-refractivity contribution is 7.99. The first-order valence-electron chi connectivity index (χ1n) is 4.74. The van der Waals surface area contributed by atoms with Gasteiger partial charge in [0.05, 0.1) is 6.61 Å². The fraction of sp³-hybridized carbons (Fsp3) is 0.0909. The quantitative estimate of drug-likeness (QED) is 0.878. The molecule has 2 rings (SSSR count). The van der Waals surface area contributed by atoms with Crippen molar-refractivity contribution in [1.82, 2.24) is 9.97 Å². The van der Waals surface area contributed by atoms with E-state index in [-0.39, 0.29) is 11.8 Å². The van der Waals surface area contributed by atoms with Gasteiger partial charge in [0, 0.05) is 15.5 Å². The Morgan fingerprint density at radius 3 is 2.47 bits per heavy atom. The van der Waals surface area contributed by atoms with Crippen molar-refractivity contribution in [3.8, 4) is 0 Å². The van der Waals surface area contributed by atoms with Gasteiger partial charge in [0.25, 0.3) is 0 Å². The topological polar surface area (TPSA) is 46.0 Å². The van der Waals surface area contributed by atoms with Crippen LogP contribution in [-0.2, 0) is 6.61 Å². The van der Waals surface area contributed by atoms with Gasteiger partial charge in [-0.3, -0.25) is 0 Å². The van der Waals surface area contributed by atoms with E-state index >= 15 is 0 Å². The van der Waals surface area contributed by atoms with Crippen LogP contribution in [0.15, 0.2) is 40.5 Å². The Bertz CT molecular complexity index is 519. The molecule has 0 atom stereocenters. The molecule has 0 bridgehead atoms. The third kappa shape index (κ3) is 3.10. The number of benzene rings is 1. The Morgan fingerprint density at radius 1 is 1.12 bits per heavy atom. The van der Waals surface area contributed by atoms with Gasteiger partial charge in [-0.1, -0.05) is 35.0 Å². The summed E-state index contributed by atoms with van der Waals surface area (Å²) in [6.07, 6.45) is 1.37. The SMILES string of the molecule is OCc1c(Cl)ncnc1Sc1ccc(Cl)cc1. The minimum atomic E-state index is -0.185. The molecule has 1 aromatic heterocycles. The van der Waals surface area contributed by atoms with Crippen LogP contribution in [0.5, 0.6) is 0 Å². The molecule has 17 heavy (non-hydrogen) atoms. The van der Waals surface area contributed by atoms with Gasteiger partial charge in [0.15, 0.2) is 0 Å². The lowest BCUT2D eigenvalue weighted by Crippen LogP contribution is -1.95. The van der Waals surface area contributed by atoms with Gasteiger partial charge >= 0.3 is 0 Å². The van der Waals surface area contributed by atoms with E-state index in [0.29, 0.717) is 15.6 Å². The molecule has 2 aromatic rings. The Labute approximate surface area is 113 Å². The lowest BCUT2D eigenvalue weighted by Gasteiger charge is -2.06. The van der Waals surface area contributed by atoms with Crippen LogP contribution in [0.1, 0.15) is 5.56 Å². The molecule has 1 heterocycles. The lowest BCUT2D eigenvalue weighted by molar-refractivity contribution is 0.277. The second-order valence-electron chi connectivity index (χ2n) is 3.16. The normalized spacial score (nSPS) is 10.5. The van der Waals surface area contributed by atoms with E-state index in [1.165, 1.54) is 18.1 Å². The molecule has 3 nitrogen and oxygen atoms in total. The third-order valence-corrected chi connectivity index (χ3v) is 3.67. The molecule has 0 saturated carbocycles. The molecule has 0 unspecified atom stereocenters. The second-order valence-corrected chi connectivity index (χ2v) is 5.02. The first kappa shape index (κ1) is 12.6. The number of nitrogens with zero attached hydrogens (tertiary/aromatic N) is 2. The monoisotopic (exact) mass is 286 g/mol. The van der Waals surface area contributed by atoms with Gasteiger partial charge in [0.1, 0.15) is 16.5 Å². The number of halogens is 2. The lowest BCUT2D eigenvalue weighted by atomic mass is 10.4. The van der Waals surface area contributed by atoms with Crippen LogP contribution in [0.25, 0.3) is 0 Å². The number of hydrogen-bond acceptors (Lipinski definition) is 4. The first-order valence-corrected chi connectivity index (χ1v) is 6.31. The maximum atomic E-state index is 9.22. The van der Waals surface area contributed by atoms with Crippen LogP contribution in [0.3, 0.4) is 0 Å². The van der Waals surface area contributed by atoms with Gasteiger partial charge in [-0.15, -0.1) is 0 Å². The fourth-order valence-electron chi connectivity index (χ4n) is 1.21. The molecule has 1 aromatic carbocycles. The zero-order chi connectivity index (χ0) is 12.3. The number of rotatable bonds is 3. The average Bonchev–Trinajstić information content (AvgIpc) is 2.32. The highest BCUT2D eigenvalue weighted by Gasteiger charge is 2.10. The average molecular weight is 287 g/mol. The molecule has 0 fully saturated rings. The van der Waals surface area contributed by atoms with Crippen LogP contribution < -0.4 is 0 Å². The Hall–Kier alpha value is -0.810. The summed E-state index contributed by atoms with van der Waals surface area (Å²) in [5, 5.41) is 10.8. The van der Waals surface area contributed by atoms with E-state index < -0.39 is 0 Å². The van der Waals surface area contributed by atoms with E-state index in [1.54, 1.807) is 12.1 Å². The smallest absolute Gasteiger partial charge is 0.139 e. The predicted molar refractivity (Wildman–Crippen MR) is 68.5 cm³/mol. The van der Waals surface area contributed by atoms with Crippen molar-refractivity contribution in [3.05, 3.63) is 46.3 Å². The van der Waals surface area contributed by atoms with Crippen molar-refractivity contribution in [2.45, 2.75) is 16.5 Å². The van der Waals surface area contributed by atoms with Gasteiger partial charge in [-0.2, -0.15) is 0 Å². The summed E-state index contributed by atoms with van der Waals surface area (Å²) in [5.41, 5.74) is 0.536. The molecule has 0 saturated heterocycles. The van der Waals surface area contributed by atoms with Crippen molar-refractivity contribution in [2.75, 3.05) is 0 Å². The van der Waals surface area contributed by atoms with Crippen molar-refractivity contribution in [3.63, 3.8) is 0 Å². The maximum absolute atomic E-state index is 9.22. The van der Waals surface area contributed by atoms with Crippen LogP contribution >= 0.6 is 35.0 Å². The summed E-state index contributed by atoms with van der Waals surface area (Å²) < 4.78 is 0. The maximum Gasteiger partial charge on any atom is 0.139 e. The summed E-state index contributed by atoms with van der Waals surface area (Å²) >= 11 is 13.1. The summed E-state index contributed by atoms with van der Waals surface area (Å²) in [6.45, 7) is -0.185. The minimum Gasteiger partial charge on any atom is -0.391 e.